The summed E-state index contributed by atoms with van der Waals surface area (Å²) in [6.07, 6.45) is 2.80. The highest BCUT2D eigenvalue weighted by Crippen LogP contribution is 2.19. The van der Waals surface area contributed by atoms with Gasteiger partial charge in [0, 0.05) is 0 Å². The molecule has 2 aromatic heterocycles. The van der Waals surface area contributed by atoms with Crippen LogP contribution in [-0.4, -0.2) is 29.2 Å². The van der Waals surface area contributed by atoms with Crippen molar-refractivity contribution < 1.29 is 4.39 Å². The molecule has 0 N–H and O–H groups in total. The maximum Gasteiger partial charge on any atom is 0.223 e. The highest BCUT2D eigenvalue weighted by molar-refractivity contribution is 14.2. The van der Waals surface area contributed by atoms with Gasteiger partial charge in [0.25, 0.3) is 0 Å². The third kappa shape index (κ3) is 2.53. The number of nitrogens with zero attached hydrogens (tertiary/aromatic N) is 6. The van der Waals surface area contributed by atoms with Gasteiger partial charge in [-0.3, -0.25) is 0 Å². The number of hydrogen-bond acceptors (Lipinski definition) is 5. The van der Waals surface area contributed by atoms with E-state index in [4.69, 9.17) is 5.26 Å². The molecule has 3 rings (SSSR count). The van der Waals surface area contributed by atoms with Crippen molar-refractivity contribution in [1.29, 1.82) is 5.26 Å². The second kappa shape index (κ2) is 5.38. The van der Waals surface area contributed by atoms with Gasteiger partial charge < -0.3 is 0 Å². The Morgan fingerprint density at radius 3 is 3.00 bits per heavy atom. The molecular formula is C12H6FIN6. The summed E-state index contributed by atoms with van der Waals surface area (Å²) in [6.45, 7) is 0. The number of rotatable bonds is 2. The monoisotopic (exact) mass is 380 g/mol. The molecule has 20 heavy (non-hydrogen) atoms. The van der Waals surface area contributed by atoms with Gasteiger partial charge in [-0.05, 0) is 31.5 Å². The lowest BCUT2D eigenvalue weighted by atomic mass is 10.3. The van der Waals surface area contributed by atoms with Crippen molar-refractivity contribution in [3.63, 3.8) is 0 Å². The minimum atomic E-state index is -0.419. The number of hydrogen-bond donors (Lipinski definition) is 0. The number of nitriles is 1. The molecule has 0 bridgehead atoms. The summed E-state index contributed by atoms with van der Waals surface area (Å²) >= 11 is -0.320. The Bertz CT molecular complexity index is 781. The SMILES string of the molecule is N#CC1=CC(n2nnc(-c3ccc(F)cn3)n2)=CI=C1. The van der Waals surface area contributed by atoms with E-state index >= 15 is 0 Å². The van der Waals surface area contributed by atoms with Crippen LogP contribution in [0.5, 0.6) is 0 Å². The van der Waals surface area contributed by atoms with E-state index in [-0.39, 0.29) is 20.7 Å². The third-order valence-electron chi connectivity index (χ3n) is 2.39. The second-order valence-corrected chi connectivity index (χ2v) is 5.71. The molecule has 1 aliphatic rings. The summed E-state index contributed by atoms with van der Waals surface area (Å²) in [7, 11) is 0. The highest BCUT2D eigenvalue weighted by atomic mass is 127. The van der Waals surface area contributed by atoms with E-state index in [1.807, 2.05) is 8.09 Å². The zero-order chi connectivity index (χ0) is 13.9. The van der Waals surface area contributed by atoms with Gasteiger partial charge in [-0.1, -0.05) is 20.7 Å². The summed E-state index contributed by atoms with van der Waals surface area (Å²) in [5, 5.41) is 20.9. The molecule has 2 aromatic rings. The Labute approximate surface area is 123 Å². The molecule has 0 amide bonds. The molecular weight excluding hydrogens is 374 g/mol. The maximum atomic E-state index is 12.8. The first kappa shape index (κ1) is 12.7. The number of allylic oxidation sites excluding steroid dienone is 3. The number of tetrazole rings is 1. The van der Waals surface area contributed by atoms with Gasteiger partial charge in [-0.25, -0.2) is 9.37 Å². The lowest BCUT2D eigenvalue weighted by Gasteiger charge is -2.01. The normalized spacial score (nSPS) is 14.0. The van der Waals surface area contributed by atoms with Gasteiger partial charge in [0.2, 0.25) is 5.82 Å². The zero-order valence-corrected chi connectivity index (χ0v) is 12.1. The second-order valence-electron chi connectivity index (χ2n) is 3.74. The first-order chi connectivity index (χ1) is 9.76. The van der Waals surface area contributed by atoms with Crippen molar-refractivity contribution in [1.82, 2.24) is 25.2 Å². The largest absolute Gasteiger partial charge is 0.250 e. The minimum absolute atomic E-state index is 0.311. The van der Waals surface area contributed by atoms with Gasteiger partial charge in [0.05, 0.1) is 23.5 Å². The fourth-order valence-electron chi connectivity index (χ4n) is 1.48. The highest BCUT2D eigenvalue weighted by Gasteiger charge is 2.10. The van der Waals surface area contributed by atoms with Crippen LogP contribution in [0.15, 0.2) is 34.1 Å². The Hall–Kier alpha value is -2.28. The van der Waals surface area contributed by atoms with Crippen molar-refractivity contribution in [2.75, 3.05) is 0 Å². The topological polar surface area (TPSA) is 80.3 Å². The summed E-state index contributed by atoms with van der Waals surface area (Å²) in [5.41, 5.74) is 1.77. The Morgan fingerprint density at radius 1 is 1.35 bits per heavy atom. The molecule has 0 fully saturated rings. The van der Waals surface area contributed by atoms with Crippen LogP contribution in [0.2, 0.25) is 0 Å². The average molecular weight is 380 g/mol. The van der Waals surface area contributed by atoms with E-state index < -0.39 is 5.82 Å². The van der Waals surface area contributed by atoms with Crippen molar-refractivity contribution in [3.8, 4) is 17.6 Å². The van der Waals surface area contributed by atoms with E-state index in [0.717, 1.165) is 11.9 Å². The van der Waals surface area contributed by atoms with Gasteiger partial charge in [0.15, 0.2) is 0 Å². The van der Waals surface area contributed by atoms with E-state index in [2.05, 4.69) is 26.5 Å². The molecule has 0 saturated carbocycles. The van der Waals surface area contributed by atoms with Crippen molar-refractivity contribution in [2.45, 2.75) is 0 Å². The molecule has 0 aliphatic carbocycles. The molecule has 8 heteroatoms. The fourth-order valence-corrected chi connectivity index (χ4v) is 3.16. The molecule has 0 radical (unpaired) electrons. The number of pyridine rings is 1. The summed E-state index contributed by atoms with van der Waals surface area (Å²) in [5.74, 6) is -0.108. The van der Waals surface area contributed by atoms with Crippen molar-refractivity contribution in [2.24, 2.45) is 0 Å². The van der Waals surface area contributed by atoms with Crippen molar-refractivity contribution >= 4 is 30.4 Å². The molecule has 1 aliphatic heterocycles. The molecule has 6 nitrogen and oxygen atoms in total. The smallest absolute Gasteiger partial charge is 0.223 e. The lowest BCUT2D eigenvalue weighted by molar-refractivity contribution is 0.621. The Morgan fingerprint density at radius 2 is 2.25 bits per heavy atom. The van der Waals surface area contributed by atoms with Crippen LogP contribution in [0.4, 0.5) is 4.39 Å². The minimum Gasteiger partial charge on any atom is -0.250 e. The number of aromatic nitrogens is 5. The first-order valence-electron chi connectivity index (χ1n) is 5.46. The van der Waals surface area contributed by atoms with Crippen LogP contribution in [0, 0.1) is 17.1 Å². The van der Waals surface area contributed by atoms with Crippen LogP contribution in [0.1, 0.15) is 0 Å². The van der Waals surface area contributed by atoms with Gasteiger partial charge in [0.1, 0.15) is 11.5 Å². The molecule has 0 unspecified atom stereocenters. The summed E-state index contributed by atoms with van der Waals surface area (Å²) in [4.78, 5) is 5.25. The lowest BCUT2D eigenvalue weighted by Crippen LogP contribution is -2.01. The predicted octanol–water partition coefficient (Wildman–Crippen LogP) is 1.91. The third-order valence-corrected chi connectivity index (χ3v) is 4.42. The standard InChI is InChI=1S/C12H6FIN6/c13-9-1-2-11(16-7-9)12-17-19-20(18-12)10-3-8(6-15)4-14-5-10/h1-5,7H. The first-order valence-corrected chi connectivity index (χ1v) is 7.95. The quantitative estimate of drug-likeness (QED) is 0.744. The van der Waals surface area contributed by atoms with Crippen LogP contribution in [0.25, 0.3) is 17.2 Å². The van der Waals surface area contributed by atoms with Gasteiger partial charge in [-0.15, -0.1) is 15.0 Å². The van der Waals surface area contributed by atoms with Crippen LogP contribution in [0.3, 0.4) is 0 Å². The van der Waals surface area contributed by atoms with Crippen LogP contribution < -0.4 is 0 Å². The molecule has 0 atom stereocenters. The van der Waals surface area contributed by atoms with Gasteiger partial charge >= 0.3 is 0 Å². The van der Waals surface area contributed by atoms with E-state index in [0.29, 0.717) is 17.1 Å². The van der Waals surface area contributed by atoms with Gasteiger partial charge in [-0.2, -0.15) is 5.26 Å². The zero-order valence-electron chi connectivity index (χ0n) is 9.90. The van der Waals surface area contributed by atoms with Crippen molar-refractivity contribution in [3.05, 3.63) is 39.9 Å². The van der Waals surface area contributed by atoms with E-state index in [1.165, 1.54) is 16.9 Å². The predicted molar refractivity (Wildman–Crippen MR) is 79.1 cm³/mol. The van der Waals surface area contributed by atoms with Crippen LogP contribution >= 0.6 is 20.7 Å². The fraction of sp³-hybridized carbons (Fsp3) is 0. The summed E-state index contributed by atoms with van der Waals surface area (Å²) < 4.78 is 16.7. The Balaban J connectivity index is 1.94. The number of halogens is 2. The van der Waals surface area contributed by atoms with Crippen LogP contribution in [-0.2, 0) is 0 Å². The summed E-state index contributed by atoms with van der Waals surface area (Å²) in [6, 6.07) is 4.88. The molecule has 0 spiro atoms. The molecule has 0 saturated heterocycles. The molecule has 3 heterocycles. The molecule has 0 aromatic carbocycles. The van der Waals surface area contributed by atoms with E-state index in [1.54, 1.807) is 6.08 Å². The average Bonchev–Trinajstić information content (AvgIpc) is 2.98. The Kier molecular flexibility index (Phi) is 3.42. The molecule has 98 valence electrons. The maximum absolute atomic E-state index is 12.8. The van der Waals surface area contributed by atoms with E-state index in [9.17, 15) is 4.39 Å².